The summed E-state index contributed by atoms with van der Waals surface area (Å²) in [5.74, 6) is -1.19. The molecule has 0 aromatic heterocycles. The molecule has 24 heavy (non-hydrogen) atoms. The Bertz CT molecular complexity index is 760. The smallest absolute Gasteiger partial charge is 0.372 e. The summed E-state index contributed by atoms with van der Waals surface area (Å²) >= 11 is 5.78. The molecule has 0 saturated heterocycles. The highest BCUT2D eigenvalue weighted by atomic mass is 35.5. The normalized spacial score (nSPS) is 10.6. The van der Waals surface area contributed by atoms with Gasteiger partial charge in [0.2, 0.25) is 0 Å². The molecule has 7 nitrogen and oxygen atoms in total. The van der Waals surface area contributed by atoms with Crippen LogP contribution in [-0.4, -0.2) is 23.7 Å². The Morgan fingerprint density at radius 1 is 1.29 bits per heavy atom. The molecule has 0 N–H and O–H groups in total. The quantitative estimate of drug-likeness (QED) is 0.344. The third-order valence-electron chi connectivity index (χ3n) is 2.74. The van der Waals surface area contributed by atoms with Gasteiger partial charge in [0.1, 0.15) is 11.6 Å². The number of rotatable bonds is 6. The first-order valence-corrected chi connectivity index (χ1v) is 6.89. The molecule has 0 radical (unpaired) electrons. The van der Waals surface area contributed by atoms with Gasteiger partial charge in [-0.3, -0.25) is 10.1 Å². The minimum absolute atomic E-state index is 0.0109. The average molecular weight is 353 g/mol. The molecular weight excluding hydrogens is 343 g/mol. The number of carbonyl (C=O) groups excluding carboxylic acids is 1. The SMILES string of the molecule is O=C(COc1ccc([N+](=O)[O-])cc1)O/N=C/c1c(F)cccc1Cl. The van der Waals surface area contributed by atoms with Crippen LogP contribution in [0.15, 0.2) is 47.6 Å². The van der Waals surface area contributed by atoms with E-state index in [4.69, 9.17) is 16.3 Å². The number of nitrogens with zero attached hydrogens (tertiary/aromatic N) is 2. The van der Waals surface area contributed by atoms with Crippen LogP contribution in [0.2, 0.25) is 5.02 Å². The molecule has 0 aliphatic rings. The van der Waals surface area contributed by atoms with E-state index >= 15 is 0 Å². The second kappa shape index (κ2) is 8.02. The lowest BCUT2D eigenvalue weighted by Gasteiger charge is -2.03. The Morgan fingerprint density at radius 2 is 2.00 bits per heavy atom. The van der Waals surface area contributed by atoms with Gasteiger partial charge < -0.3 is 9.57 Å². The Hall–Kier alpha value is -3.00. The lowest BCUT2D eigenvalue weighted by molar-refractivity contribution is -0.384. The number of nitro groups is 1. The van der Waals surface area contributed by atoms with Crippen molar-refractivity contribution < 1.29 is 23.7 Å². The summed E-state index contributed by atoms with van der Waals surface area (Å²) in [5.41, 5.74) is -0.112. The number of halogens is 2. The number of carbonyl (C=O) groups is 1. The van der Waals surface area contributed by atoms with Crippen molar-refractivity contribution in [1.29, 1.82) is 0 Å². The third kappa shape index (κ3) is 4.75. The van der Waals surface area contributed by atoms with E-state index in [2.05, 4.69) is 9.99 Å². The van der Waals surface area contributed by atoms with Gasteiger partial charge in [-0.15, -0.1) is 0 Å². The first-order valence-electron chi connectivity index (χ1n) is 6.52. The standard InChI is InChI=1S/C15H10ClFN2O5/c16-13-2-1-3-14(17)12(13)8-18-24-15(20)9-23-11-6-4-10(5-7-11)19(21)22/h1-8H,9H2/b18-8+. The van der Waals surface area contributed by atoms with Gasteiger partial charge >= 0.3 is 5.97 Å². The van der Waals surface area contributed by atoms with Crippen molar-refractivity contribution in [3.8, 4) is 5.75 Å². The van der Waals surface area contributed by atoms with Crippen molar-refractivity contribution in [2.45, 2.75) is 0 Å². The van der Waals surface area contributed by atoms with E-state index in [1.165, 1.54) is 42.5 Å². The minimum atomic E-state index is -0.836. The fourth-order valence-electron chi connectivity index (χ4n) is 1.60. The second-order valence-electron chi connectivity index (χ2n) is 4.37. The number of hydrogen-bond acceptors (Lipinski definition) is 6. The molecule has 0 saturated carbocycles. The van der Waals surface area contributed by atoms with Crippen molar-refractivity contribution >= 4 is 29.5 Å². The van der Waals surface area contributed by atoms with E-state index in [0.29, 0.717) is 0 Å². The summed E-state index contributed by atoms with van der Waals surface area (Å²) in [7, 11) is 0. The van der Waals surface area contributed by atoms with Crippen molar-refractivity contribution in [3.05, 3.63) is 69.0 Å². The Morgan fingerprint density at radius 3 is 2.62 bits per heavy atom. The summed E-state index contributed by atoms with van der Waals surface area (Å²) < 4.78 is 18.5. The van der Waals surface area contributed by atoms with E-state index < -0.39 is 23.3 Å². The summed E-state index contributed by atoms with van der Waals surface area (Å²) in [6.45, 7) is -0.472. The lowest BCUT2D eigenvalue weighted by Crippen LogP contribution is -2.12. The van der Waals surface area contributed by atoms with Crippen molar-refractivity contribution in [2.75, 3.05) is 6.61 Å². The van der Waals surface area contributed by atoms with Crippen molar-refractivity contribution in [1.82, 2.24) is 0 Å². The number of hydrogen-bond donors (Lipinski definition) is 0. The molecule has 2 aromatic carbocycles. The van der Waals surface area contributed by atoms with Gasteiger partial charge in [-0.05, 0) is 24.3 Å². The monoisotopic (exact) mass is 352 g/mol. The number of nitro benzene ring substituents is 1. The van der Waals surface area contributed by atoms with Crippen LogP contribution < -0.4 is 4.74 Å². The van der Waals surface area contributed by atoms with Gasteiger partial charge in [0.05, 0.1) is 21.7 Å². The molecule has 0 spiro atoms. The maximum atomic E-state index is 13.4. The van der Waals surface area contributed by atoms with E-state index in [1.54, 1.807) is 0 Å². The highest BCUT2D eigenvalue weighted by Gasteiger charge is 2.08. The molecular formula is C15H10ClFN2O5. The first-order chi connectivity index (χ1) is 11.5. The average Bonchev–Trinajstić information content (AvgIpc) is 2.56. The molecule has 0 amide bonds. The van der Waals surface area contributed by atoms with Crippen molar-refractivity contribution in [2.24, 2.45) is 5.16 Å². The Balaban J connectivity index is 1.85. The predicted octanol–water partition coefficient (Wildman–Crippen LogP) is 3.34. The van der Waals surface area contributed by atoms with Crippen LogP contribution in [0.1, 0.15) is 5.56 Å². The topological polar surface area (TPSA) is 91.0 Å². The van der Waals surface area contributed by atoms with E-state index in [-0.39, 0.29) is 22.0 Å². The molecule has 2 rings (SSSR count). The zero-order chi connectivity index (χ0) is 17.5. The van der Waals surface area contributed by atoms with Gasteiger partial charge in [-0.1, -0.05) is 22.8 Å². The zero-order valence-electron chi connectivity index (χ0n) is 12.0. The first kappa shape index (κ1) is 17.4. The van der Waals surface area contributed by atoms with Crippen LogP contribution in [-0.2, 0) is 9.63 Å². The third-order valence-corrected chi connectivity index (χ3v) is 3.07. The van der Waals surface area contributed by atoms with Crippen LogP contribution >= 0.6 is 11.6 Å². The number of ether oxygens (including phenoxy) is 1. The lowest BCUT2D eigenvalue weighted by atomic mass is 10.2. The van der Waals surface area contributed by atoms with Crippen LogP contribution in [0, 0.1) is 15.9 Å². The number of oxime groups is 1. The highest BCUT2D eigenvalue weighted by Crippen LogP contribution is 2.18. The zero-order valence-corrected chi connectivity index (χ0v) is 12.8. The number of benzene rings is 2. The fraction of sp³-hybridized carbons (Fsp3) is 0.0667. The van der Waals surface area contributed by atoms with Crippen LogP contribution in [0.3, 0.4) is 0 Å². The second-order valence-corrected chi connectivity index (χ2v) is 4.78. The summed E-state index contributed by atoms with van der Waals surface area (Å²) in [6, 6.07) is 9.23. The van der Waals surface area contributed by atoms with Gasteiger partial charge in [0.25, 0.3) is 5.69 Å². The highest BCUT2D eigenvalue weighted by molar-refractivity contribution is 6.33. The fourth-order valence-corrected chi connectivity index (χ4v) is 1.82. The summed E-state index contributed by atoms with van der Waals surface area (Å²) in [5, 5.41) is 14.0. The Labute approximate surface area is 140 Å². The molecule has 0 aliphatic carbocycles. The van der Waals surface area contributed by atoms with Gasteiger partial charge in [0.15, 0.2) is 6.61 Å². The van der Waals surface area contributed by atoms with Crippen molar-refractivity contribution in [3.63, 3.8) is 0 Å². The van der Waals surface area contributed by atoms with Gasteiger partial charge in [0, 0.05) is 12.1 Å². The van der Waals surface area contributed by atoms with E-state index in [0.717, 1.165) is 6.21 Å². The maximum Gasteiger partial charge on any atom is 0.372 e. The molecule has 0 atom stereocenters. The molecule has 2 aromatic rings. The van der Waals surface area contributed by atoms with E-state index in [9.17, 15) is 19.3 Å². The maximum absolute atomic E-state index is 13.4. The molecule has 0 bridgehead atoms. The molecule has 0 unspecified atom stereocenters. The van der Waals surface area contributed by atoms with Gasteiger partial charge in [-0.2, -0.15) is 0 Å². The molecule has 0 heterocycles. The molecule has 9 heteroatoms. The van der Waals surface area contributed by atoms with E-state index in [1.807, 2.05) is 0 Å². The van der Waals surface area contributed by atoms with Crippen LogP contribution in [0.4, 0.5) is 10.1 Å². The van der Waals surface area contributed by atoms with Crippen LogP contribution in [0.5, 0.6) is 5.75 Å². The minimum Gasteiger partial charge on any atom is -0.482 e. The predicted molar refractivity (Wildman–Crippen MR) is 83.7 cm³/mol. The Kier molecular flexibility index (Phi) is 5.80. The van der Waals surface area contributed by atoms with Crippen LogP contribution in [0.25, 0.3) is 0 Å². The van der Waals surface area contributed by atoms with Gasteiger partial charge in [-0.25, -0.2) is 9.18 Å². The molecule has 0 aliphatic heterocycles. The summed E-state index contributed by atoms with van der Waals surface area (Å²) in [6.07, 6.45) is 0.974. The largest absolute Gasteiger partial charge is 0.482 e. The summed E-state index contributed by atoms with van der Waals surface area (Å²) in [4.78, 5) is 25.9. The molecule has 0 fully saturated rings. The number of non-ortho nitro benzene ring substituents is 1. The molecule has 124 valence electrons.